The van der Waals surface area contributed by atoms with Crippen LogP contribution in [0, 0.1) is 65.1 Å². The van der Waals surface area contributed by atoms with E-state index >= 15 is 0 Å². The minimum Gasteiger partial charge on any atom is -0.454 e. The number of ketones is 9. The molecule has 0 spiro atoms. The average molecular weight is 1420 g/mol. The molecule has 1 aliphatic carbocycles. The normalized spacial score (nSPS) is 14.8. The summed E-state index contributed by atoms with van der Waals surface area (Å²) in [5.74, 6) is 6.96. The van der Waals surface area contributed by atoms with Crippen LogP contribution in [0.2, 0.25) is 0 Å². The summed E-state index contributed by atoms with van der Waals surface area (Å²) in [5, 5.41) is 0. The second kappa shape index (κ2) is 53.9. The molecule has 0 radical (unpaired) electrons. The maximum Gasteiger partial charge on any atom is 0.231 e. The quantitative estimate of drug-likeness (QED) is 0.0561. The lowest BCUT2D eigenvalue weighted by Gasteiger charge is -2.26. The van der Waals surface area contributed by atoms with Gasteiger partial charge in [-0.15, -0.1) is 0 Å². The predicted molar refractivity (Wildman–Crippen MR) is 408 cm³/mol. The van der Waals surface area contributed by atoms with Crippen LogP contribution in [-0.4, -0.2) is 149 Å². The van der Waals surface area contributed by atoms with Crippen molar-refractivity contribution in [1.29, 1.82) is 0 Å². The second-order valence-corrected chi connectivity index (χ2v) is 29.6. The highest BCUT2D eigenvalue weighted by molar-refractivity contribution is 5.98. The minimum absolute atomic E-state index is 0.00960. The van der Waals surface area contributed by atoms with Crippen molar-refractivity contribution in [1.82, 2.24) is 24.8 Å². The molecule has 18 nitrogen and oxygen atoms in total. The zero-order valence-electron chi connectivity index (χ0n) is 66.0. The van der Waals surface area contributed by atoms with Crippen molar-refractivity contribution in [2.45, 2.75) is 215 Å². The van der Waals surface area contributed by atoms with Crippen molar-refractivity contribution < 1.29 is 62.1 Å². The Labute approximate surface area is 614 Å². The fraction of sp³-hybridized carbons (Fsp3) is 0.643. The molecular weight excluding hydrogens is 1290 g/mol. The van der Waals surface area contributed by atoms with Crippen LogP contribution in [0.4, 0.5) is 0 Å². The van der Waals surface area contributed by atoms with Crippen molar-refractivity contribution in [3.05, 3.63) is 114 Å². The molecule has 0 N–H and O–H groups in total. The van der Waals surface area contributed by atoms with Crippen LogP contribution in [0.25, 0.3) is 0 Å². The zero-order chi connectivity index (χ0) is 76.7. The lowest BCUT2D eigenvalue weighted by molar-refractivity contribution is -0.124. The summed E-state index contributed by atoms with van der Waals surface area (Å²) in [5.41, 5.74) is 3.58. The molecule has 1 saturated carbocycles. The van der Waals surface area contributed by atoms with Crippen molar-refractivity contribution >= 4 is 52.0 Å². The van der Waals surface area contributed by atoms with E-state index in [2.05, 4.69) is 24.8 Å². The Balaban J connectivity index is 0.000000576. The van der Waals surface area contributed by atoms with E-state index in [9.17, 15) is 43.2 Å². The molecule has 0 amide bonds. The van der Waals surface area contributed by atoms with Gasteiger partial charge in [-0.1, -0.05) is 150 Å². The van der Waals surface area contributed by atoms with Gasteiger partial charge in [-0.3, -0.25) is 67.9 Å². The molecule has 0 atom stereocenters. The van der Waals surface area contributed by atoms with Gasteiger partial charge in [0.2, 0.25) is 6.79 Å². The molecule has 9 rings (SSSR count). The van der Waals surface area contributed by atoms with Crippen LogP contribution in [0.3, 0.4) is 0 Å². The summed E-state index contributed by atoms with van der Waals surface area (Å²) in [6, 6.07) is 18.4. The van der Waals surface area contributed by atoms with Crippen LogP contribution >= 0.6 is 0 Å². The zero-order valence-corrected chi connectivity index (χ0v) is 66.0. The smallest absolute Gasteiger partial charge is 0.231 e. The second-order valence-electron chi connectivity index (χ2n) is 29.6. The Morgan fingerprint density at radius 2 is 0.873 bits per heavy atom. The number of fused-ring (bicyclic) bond motifs is 1. The Hall–Kier alpha value is -6.86. The standard InChI is InChI=1S/C11H12O3.3C10H13NO.C10H19NO.C10H18O2.C9H17NO2.C8H14O.C6H12O/c1-7(2)11(12)8-3-4-9-10(5-8)14-6-13-9;1-8(2)10(12)7-9-3-5-11-6-4-9;1-8(2)10(12)6-9-4-3-5-11-7-9;1-8(2)10(12)7-9-5-3-4-6-11-9;1-9(2)10(12)8-11-6-4-3-5-7-11;1-8(2)10(11)7-9-3-5-12-6-4-9;1-8(2)9(11)7-10-3-5-12-6-4-10;1-6(2)8(9)5-7-3-4-7;1-4-6(7)5(2)3/h3-5,7H,6H2,1-2H3;3-6,8H,7H2,1-2H3;3-5,7-8H,6H2,1-2H3;3-6,8H,7H2,1-2H3;9H,3-8H2,1-2H3;8-9H,3-7H2,1-2H3;8H,3-7H2,1-2H3;6-7H,3-5H2,1-2H3;5H,4H2,1-3H3. The van der Waals surface area contributed by atoms with Gasteiger partial charge in [0.1, 0.15) is 46.3 Å². The van der Waals surface area contributed by atoms with Crippen LogP contribution in [0.1, 0.15) is 223 Å². The number of hydrogen-bond acceptors (Lipinski definition) is 18. The van der Waals surface area contributed by atoms with Gasteiger partial charge < -0.3 is 18.9 Å². The summed E-state index contributed by atoms with van der Waals surface area (Å²) >= 11 is 0. The van der Waals surface area contributed by atoms with Crippen LogP contribution < -0.4 is 9.47 Å². The molecule has 4 fully saturated rings. The predicted octanol–water partition coefficient (Wildman–Crippen LogP) is 15.7. The maximum atomic E-state index is 11.6. The summed E-state index contributed by atoms with van der Waals surface area (Å²) in [6.07, 6.45) is 21.0. The summed E-state index contributed by atoms with van der Waals surface area (Å²) in [4.78, 5) is 117. The topological polar surface area (TPSA) is 236 Å². The van der Waals surface area contributed by atoms with E-state index in [-0.39, 0.29) is 83.2 Å². The van der Waals surface area contributed by atoms with Crippen molar-refractivity contribution in [2.24, 2.45) is 65.1 Å². The van der Waals surface area contributed by atoms with Crippen LogP contribution in [0.5, 0.6) is 11.5 Å². The number of rotatable bonds is 25. The summed E-state index contributed by atoms with van der Waals surface area (Å²) in [6.45, 7) is 45.5. The first-order valence-corrected chi connectivity index (χ1v) is 37.7. The average Bonchev–Trinajstić information content (AvgIpc) is 1.79. The molecule has 1 aromatic carbocycles. The van der Waals surface area contributed by atoms with E-state index in [0.717, 1.165) is 101 Å². The van der Waals surface area contributed by atoms with Crippen molar-refractivity contribution in [3.63, 3.8) is 0 Å². The highest BCUT2D eigenvalue weighted by atomic mass is 16.7. The fourth-order valence-electron chi connectivity index (χ4n) is 9.49. The van der Waals surface area contributed by atoms with E-state index in [1.165, 1.54) is 32.1 Å². The van der Waals surface area contributed by atoms with Gasteiger partial charge in [0.25, 0.3) is 0 Å². The third-order valence-electron chi connectivity index (χ3n) is 17.3. The third-order valence-corrected chi connectivity index (χ3v) is 17.3. The Morgan fingerprint density at radius 1 is 0.412 bits per heavy atom. The number of nitrogens with zero attached hydrogens (tertiary/aromatic N) is 5. The first-order valence-electron chi connectivity index (χ1n) is 37.7. The molecule has 102 heavy (non-hydrogen) atoms. The third kappa shape index (κ3) is 44.6. The highest BCUT2D eigenvalue weighted by Gasteiger charge is 2.26. The number of carbonyl (C=O) groups excluding carboxylic acids is 9. The molecule has 4 aliphatic heterocycles. The van der Waals surface area contributed by atoms with Crippen LogP contribution in [-0.2, 0) is 67.1 Å². The van der Waals surface area contributed by atoms with Gasteiger partial charge in [0, 0.05) is 160 Å². The number of benzene rings is 1. The Morgan fingerprint density at radius 3 is 1.30 bits per heavy atom. The molecule has 0 unspecified atom stereocenters. The number of morpholine rings is 1. The molecule has 3 aromatic heterocycles. The SMILES string of the molecule is CC(C)C(=O)CC1CC1.CC(C)C(=O)CC1CCOCC1.CC(C)C(=O)CN1CCCCC1.CC(C)C(=O)CN1CCOCC1.CC(C)C(=O)Cc1ccccn1.CC(C)C(=O)Cc1cccnc1.CC(C)C(=O)Cc1ccncc1.CC(C)C(=O)c1ccc2c(c1)OCO2.CCC(=O)C(C)C. The largest absolute Gasteiger partial charge is 0.454 e. The first kappa shape index (κ1) is 93.2. The van der Waals surface area contributed by atoms with E-state index in [4.69, 9.17) is 18.9 Å². The number of ether oxygens (including phenoxy) is 4. The molecule has 4 aromatic rings. The molecule has 7 heterocycles. The number of Topliss-reactive ketones (excluding diaryl/α,β-unsaturated/α-hetero) is 9. The molecule has 18 heteroatoms. The number of hydrogen-bond donors (Lipinski definition) is 0. The minimum atomic E-state index is 0.00960. The van der Waals surface area contributed by atoms with Gasteiger partial charge in [0.05, 0.1) is 26.3 Å². The van der Waals surface area contributed by atoms with Gasteiger partial charge in [-0.25, -0.2) is 0 Å². The Kier molecular flexibility index (Phi) is 49.2. The molecule has 570 valence electrons. The number of pyridine rings is 3. The lowest BCUT2D eigenvalue weighted by Crippen LogP contribution is -2.40. The molecular formula is C84H131N5O13. The summed E-state index contributed by atoms with van der Waals surface area (Å²) in [7, 11) is 0. The number of piperidine rings is 1. The van der Waals surface area contributed by atoms with E-state index in [1.807, 2.05) is 174 Å². The van der Waals surface area contributed by atoms with E-state index in [1.54, 1.807) is 49.2 Å². The van der Waals surface area contributed by atoms with E-state index in [0.29, 0.717) is 90.7 Å². The molecule has 5 aliphatic rings. The van der Waals surface area contributed by atoms with Crippen molar-refractivity contribution in [3.8, 4) is 11.5 Å². The monoisotopic (exact) mass is 1420 g/mol. The lowest BCUT2D eigenvalue weighted by atomic mass is 9.91. The summed E-state index contributed by atoms with van der Waals surface area (Å²) < 4.78 is 20.8. The Bertz CT molecular complexity index is 2780. The number of likely N-dealkylation sites (tertiary alicyclic amines) is 1. The van der Waals surface area contributed by atoms with Crippen LogP contribution in [0.15, 0.2) is 91.6 Å². The fourth-order valence-corrected chi connectivity index (χ4v) is 9.49. The molecule has 0 bridgehead atoms. The van der Waals surface area contributed by atoms with E-state index < -0.39 is 0 Å². The van der Waals surface area contributed by atoms with Gasteiger partial charge >= 0.3 is 0 Å². The number of carbonyl (C=O) groups is 9. The van der Waals surface area contributed by atoms with Gasteiger partial charge in [-0.05, 0) is 123 Å². The molecule has 3 saturated heterocycles. The number of aromatic nitrogens is 3. The van der Waals surface area contributed by atoms with Gasteiger partial charge in [-0.2, -0.15) is 0 Å². The maximum absolute atomic E-state index is 11.6. The highest BCUT2D eigenvalue weighted by Crippen LogP contribution is 2.34. The first-order chi connectivity index (χ1) is 48.3. The van der Waals surface area contributed by atoms with Crippen molar-refractivity contribution in [2.75, 3.05) is 72.5 Å². The van der Waals surface area contributed by atoms with Gasteiger partial charge in [0.15, 0.2) is 17.3 Å².